The Labute approximate surface area is 197 Å². The second-order valence-electron chi connectivity index (χ2n) is 7.67. The fourth-order valence-corrected chi connectivity index (χ4v) is 4.28. The molecule has 4 rings (SSSR count). The maximum atomic E-state index is 10.6. The highest BCUT2D eigenvalue weighted by molar-refractivity contribution is 9.10. The van der Waals surface area contributed by atoms with Gasteiger partial charge in [0.15, 0.2) is 11.5 Å². The normalized spacial score (nSPS) is 17.9. The Kier molecular flexibility index (Phi) is 6.72. The van der Waals surface area contributed by atoms with E-state index in [2.05, 4.69) is 63.8 Å². The Morgan fingerprint density at radius 1 is 0.938 bits per heavy atom. The van der Waals surface area contributed by atoms with Crippen molar-refractivity contribution in [2.75, 3.05) is 14.2 Å². The molecule has 0 radical (unpaired) electrons. The number of methoxy groups -OCH3 is 2. The van der Waals surface area contributed by atoms with E-state index < -0.39 is 0 Å². The van der Waals surface area contributed by atoms with Crippen molar-refractivity contribution in [2.45, 2.75) is 25.6 Å². The molecule has 2 unspecified atom stereocenters. The van der Waals surface area contributed by atoms with Crippen LogP contribution in [0.2, 0.25) is 0 Å². The third kappa shape index (κ3) is 4.61. The highest BCUT2D eigenvalue weighted by Gasteiger charge is 2.26. The average Bonchev–Trinajstić information content (AvgIpc) is 2.84. The summed E-state index contributed by atoms with van der Waals surface area (Å²) in [5.41, 5.74) is 5.18. The van der Waals surface area contributed by atoms with Crippen LogP contribution < -0.4 is 20.1 Å². The van der Waals surface area contributed by atoms with Crippen LogP contribution in [0.5, 0.6) is 17.2 Å². The van der Waals surface area contributed by atoms with Gasteiger partial charge in [0.1, 0.15) is 11.9 Å². The van der Waals surface area contributed by atoms with E-state index in [1.165, 1.54) is 5.56 Å². The fourth-order valence-electron chi connectivity index (χ4n) is 3.91. The van der Waals surface area contributed by atoms with E-state index in [0.717, 1.165) is 33.3 Å². The molecule has 3 aromatic carbocycles. The summed E-state index contributed by atoms with van der Waals surface area (Å²) >= 11 is 3.53. The number of rotatable bonds is 6. The van der Waals surface area contributed by atoms with Gasteiger partial charge in [-0.25, -0.2) is 0 Å². The molecule has 0 saturated carbocycles. The van der Waals surface area contributed by atoms with Crippen LogP contribution in [0, 0.1) is 0 Å². The van der Waals surface area contributed by atoms with Gasteiger partial charge in [-0.2, -0.15) is 0 Å². The molecule has 0 amide bonds. The Hall–Kier alpha value is -2.96. The molecule has 0 aliphatic carbocycles. The van der Waals surface area contributed by atoms with Crippen molar-refractivity contribution in [1.29, 1.82) is 0 Å². The number of hydrogen-bond acceptors (Lipinski definition) is 5. The van der Waals surface area contributed by atoms with E-state index in [1.54, 1.807) is 20.3 Å². The summed E-state index contributed by atoms with van der Waals surface area (Å²) in [6.45, 7) is 2.15. The van der Waals surface area contributed by atoms with Gasteiger partial charge in [-0.3, -0.25) is 5.32 Å². The molecule has 6 heteroatoms. The summed E-state index contributed by atoms with van der Waals surface area (Å²) in [6, 6.07) is 19.7. The summed E-state index contributed by atoms with van der Waals surface area (Å²) in [5, 5.41) is 17.8. The van der Waals surface area contributed by atoms with Crippen LogP contribution in [0.1, 0.15) is 41.4 Å². The lowest BCUT2D eigenvalue weighted by Gasteiger charge is -2.33. The number of hydrogen-bond donors (Lipinski definition) is 3. The third-order valence-electron chi connectivity index (χ3n) is 5.72. The standard InChI is InChI=1S/C26H27BrN2O3/c1-4-16-5-7-17(8-6-16)21-15-22(20-14-19(27)10-11-23(20)30)29-26(28-21)18-9-12-24(31-2)25(13-18)32-3/h5-15,22,26,28-30H,4H2,1-3H3. The van der Waals surface area contributed by atoms with E-state index in [0.29, 0.717) is 11.5 Å². The summed E-state index contributed by atoms with van der Waals surface area (Å²) in [7, 11) is 3.26. The monoisotopic (exact) mass is 494 g/mol. The Bertz CT molecular complexity index is 1130. The van der Waals surface area contributed by atoms with Gasteiger partial charge in [-0.1, -0.05) is 53.2 Å². The smallest absolute Gasteiger partial charge is 0.161 e. The summed E-state index contributed by atoms with van der Waals surface area (Å²) < 4.78 is 11.8. The second-order valence-corrected chi connectivity index (χ2v) is 8.59. The van der Waals surface area contributed by atoms with Crippen LogP contribution in [0.3, 0.4) is 0 Å². The van der Waals surface area contributed by atoms with Gasteiger partial charge < -0.3 is 19.9 Å². The van der Waals surface area contributed by atoms with Crippen LogP contribution in [0.4, 0.5) is 0 Å². The molecule has 3 N–H and O–H groups in total. The second kappa shape index (κ2) is 9.67. The lowest BCUT2D eigenvalue weighted by molar-refractivity contribution is 0.352. The van der Waals surface area contributed by atoms with Crippen molar-refractivity contribution >= 4 is 21.6 Å². The zero-order valence-electron chi connectivity index (χ0n) is 18.4. The third-order valence-corrected chi connectivity index (χ3v) is 6.21. The van der Waals surface area contributed by atoms with Crippen LogP contribution in [-0.2, 0) is 6.42 Å². The van der Waals surface area contributed by atoms with Gasteiger partial charge >= 0.3 is 0 Å². The molecule has 32 heavy (non-hydrogen) atoms. The number of benzene rings is 3. The van der Waals surface area contributed by atoms with Gasteiger partial charge in [-0.15, -0.1) is 0 Å². The Morgan fingerprint density at radius 2 is 1.69 bits per heavy atom. The molecule has 0 bridgehead atoms. The van der Waals surface area contributed by atoms with Crippen molar-refractivity contribution in [1.82, 2.24) is 10.6 Å². The van der Waals surface area contributed by atoms with E-state index >= 15 is 0 Å². The van der Waals surface area contributed by atoms with Gasteiger partial charge in [0.2, 0.25) is 0 Å². The van der Waals surface area contributed by atoms with Crippen molar-refractivity contribution < 1.29 is 14.6 Å². The zero-order chi connectivity index (χ0) is 22.7. The van der Waals surface area contributed by atoms with Crippen LogP contribution in [0.15, 0.2) is 71.2 Å². The molecule has 1 heterocycles. The number of aryl methyl sites for hydroxylation is 1. The number of phenolic OH excluding ortho intramolecular Hbond substituents is 1. The number of halogens is 1. The minimum absolute atomic E-state index is 0.201. The summed E-state index contributed by atoms with van der Waals surface area (Å²) in [5.74, 6) is 1.59. The highest BCUT2D eigenvalue weighted by atomic mass is 79.9. The van der Waals surface area contributed by atoms with Gasteiger partial charge in [0.05, 0.1) is 20.3 Å². The predicted octanol–water partition coefficient (Wildman–Crippen LogP) is 5.71. The molecule has 1 aliphatic heterocycles. The molecule has 1 aliphatic rings. The minimum atomic E-state index is -0.205. The Morgan fingerprint density at radius 3 is 2.38 bits per heavy atom. The van der Waals surface area contributed by atoms with Gasteiger partial charge in [0, 0.05) is 15.7 Å². The molecule has 0 spiro atoms. The van der Waals surface area contributed by atoms with Gasteiger partial charge in [0.25, 0.3) is 0 Å². The minimum Gasteiger partial charge on any atom is -0.508 e. The quantitative estimate of drug-likeness (QED) is 0.409. The van der Waals surface area contributed by atoms with Crippen LogP contribution >= 0.6 is 15.9 Å². The average molecular weight is 495 g/mol. The van der Waals surface area contributed by atoms with Crippen molar-refractivity contribution in [3.8, 4) is 17.2 Å². The number of aromatic hydroxyl groups is 1. The molecule has 0 saturated heterocycles. The molecule has 3 aromatic rings. The van der Waals surface area contributed by atoms with E-state index in [1.807, 2.05) is 30.3 Å². The highest BCUT2D eigenvalue weighted by Crippen LogP contribution is 2.36. The first-order chi connectivity index (χ1) is 15.5. The fraction of sp³-hybridized carbons (Fsp3) is 0.231. The van der Waals surface area contributed by atoms with Gasteiger partial charge in [-0.05, 0) is 59.5 Å². The molecule has 166 valence electrons. The van der Waals surface area contributed by atoms with Crippen LogP contribution in [-0.4, -0.2) is 19.3 Å². The molecule has 5 nitrogen and oxygen atoms in total. The molecule has 2 atom stereocenters. The topological polar surface area (TPSA) is 62.8 Å². The SMILES string of the molecule is CCc1ccc(C2=CC(c3cc(Br)ccc3O)NC(c3ccc(OC)c(OC)c3)N2)cc1. The molecule has 0 aromatic heterocycles. The van der Waals surface area contributed by atoms with E-state index in [-0.39, 0.29) is 18.0 Å². The van der Waals surface area contributed by atoms with Crippen LogP contribution in [0.25, 0.3) is 5.70 Å². The van der Waals surface area contributed by atoms with E-state index in [9.17, 15) is 5.11 Å². The Balaban J connectivity index is 1.76. The maximum absolute atomic E-state index is 10.6. The van der Waals surface area contributed by atoms with Crippen molar-refractivity contribution in [2.24, 2.45) is 0 Å². The maximum Gasteiger partial charge on any atom is 0.161 e. The summed E-state index contributed by atoms with van der Waals surface area (Å²) in [4.78, 5) is 0. The molecule has 0 fully saturated rings. The number of nitrogens with one attached hydrogen (secondary N) is 2. The molecular formula is C26H27BrN2O3. The lowest BCUT2D eigenvalue weighted by Crippen LogP contribution is -2.39. The first-order valence-electron chi connectivity index (χ1n) is 10.6. The largest absolute Gasteiger partial charge is 0.508 e. The van der Waals surface area contributed by atoms with Crippen molar-refractivity contribution in [3.63, 3.8) is 0 Å². The van der Waals surface area contributed by atoms with E-state index in [4.69, 9.17) is 9.47 Å². The predicted molar refractivity (Wildman–Crippen MR) is 131 cm³/mol. The summed E-state index contributed by atoms with van der Waals surface area (Å²) in [6.07, 6.45) is 2.90. The zero-order valence-corrected chi connectivity index (χ0v) is 19.9. The molecular weight excluding hydrogens is 468 g/mol. The lowest BCUT2D eigenvalue weighted by atomic mass is 9.97. The number of ether oxygens (including phenoxy) is 2. The van der Waals surface area contributed by atoms with Crippen molar-refractivity contribution in [3.05, 3.63) is 93.5 Å². The first-order valence-corrected chi connectivity index (χ1v) is 11.4. The number of phenols is 1. The first kappa shape index (κ1) is 22.2.